The molecule has 0 heterocycles. The van der Waals surface area contributed by atoms with Crippen molar-refractivity contribution in [3.63, 3.8) is 0 Å². The van der Waals surface area contributed by atoms with Gasteiger partial charge >= 0.3 is 0 Å². The minimum atomic E-state index is 0.109. The number of nitriles is 1. The molecule has 0 saturated carbocycles. The normalized spacial score (nSPS) is 9.85. The molecule has 0 spiro atoms. The minimum Gasteiger partial charge on any atom is -0.504 e. The van der Waals surface area contributed by atoms with Gasteiger partial charge in [0.15, 0.2) is 11.5 Å². The topological polar surface area (TPSA) is 65.3 Å². The predicted molar refractivity (Wildman–Crippen MR) is 78.2 cm³/mol. The highest BCUT2D eigenvalue weighted by molar-refractivity contribution is 6.32. The zero-order chi connectivity index (χ0) is 14.5. The number of ether oxygens (including phenoxy) is 1. The largest absolute Gasteiger partial charge is 0.504 e. The van der Waals surface area contributed by atoms with E-state index in [1.54, 1.807) is 36.4 Å². The van der Waals surface area contributed by atoms with Crippen LogP contribution in [0.4, 0.5) is 5.69 Å². The molecule has 0 atom stereocenters. The lowest BCUT2D eigenvalue weighted by Gasteiger charge is -2.09. The highest BCUT2D eigenvalue weighted by Gasteiger charge is 2.04. The fraction of sp³-hybridized carbons (Fsp3) is 0.133. The monoisotopic (exact) mass is 288 g/mol. The van der Waals surface area contributed by atoms with Crippen LogP contribution >= 0.6 is 11.6 Å². The van der Waals surface area contributed by atoms with Crippen LogP contribution in [-0.2, 0) is 6.54 Å². The van der Waals surface area contributed by atoms with Crippen LogP contribution in [0.1, 0.15) is 11.1 Å². The van der Waals surface area contributed by atoms with Crippen LogP contribution in [0.5, 0.6) is 11.5 Å². The summed E-state index contributed by atoms with van der Waals surface area (Å²) in [5, 5.41) is 21.9. The van der Waals surface area contributed by atoms with Crippen LogP contribution in [0, 0.1) is 11.3 Å². The average molecular weight is 289 g/mol. The third-order valence-corrected chi connectivity index (χ3v) is 3.14. The Morgan fingerprint density at radius 1 is 1.30 bits per heavy atom. The quantitative estimate of drug-likeness (QED) is 0.903. The Morgan fingerprint density at radius 3 is 2.75 bits per heavy atom. The van der Waals surface area contributed by atoms with Crippen LogP contribution in [0.2, 0.25) is 5.02 Å². The fourth-order valence-electron chi connectivity index (χ4n) is 1.75. The van der Waals surface area contributed by atoms with Crippen molar-refractivity contribution >= 4 is 17.3 Å². The van der Waals surface area contributed by atoms with E-state index in [0.29, 0.717) is 22.9 Å². The van der Waals surface area contributed by atoms with Crippen LogP contribution in [0.15, 0.2) is 36.4 Å². The molecule has 2 aromatic carbocycles. The molecule has 0 aliphatic carbocycles. The second-order valence-electron chi connectivity index (χ2n) is 4.17. The van der Waals surface area contributed by atoms with Gasteiger partial charge in [0.1, 0.15) is 6.07 Å². The van der Waals surface area contributed by atoms with E-state index in [1.165, 1.54) is 7.11 Å². The van der Waals surface area contributed by atoms with E-state index < -0.39 is 0 Å². The first-order valence-electron chi connectivity index (χ1n) is 5.93. The molecule has 0 saturated heterocycles. The van der Waals surface area contributed by atoms with E-state index in [2.05, 4.69) is 5.32 Å². The number of nitrogens with zero attached hydrogens (tertiary/aromatic N) is 1. The number of phenols is 1. The van der Waals surface area contributed by atoms with Gasteiger partial charge in [-0.3, -0.25) is 0 Å². The molecule has 2 rings (SSSR count). The Balaban J connectivity index is 2.09. The first kappa shape index (κ1) is 14.0. The maximum absolute atomic E-state index is 9.52. The molecule has 0 fully saturated rings. The highest BCUT2D eigenvalue weighted by atomic mass is 35.5. The summed E-state index contributed by atoms with van der Waals surface area (Å²) >= 11 is 5.96. The lowest BCUT2D eigenvalue weighted by molar-refractivity contribution is 0.373. The molecular formula is C15H13ClN2O2. The van der Waals surface area contributed by atoms with Gasteiger partial charge in [0.05, 0.1) is 17.7 Å². The smallest absolute Gasteiger partial charge is 0.160 e. The van der Waals surface area contributed by atoms with Crippen molar-refractivity contribution in [1.29, 1.82) is 5.26 Å². The number of anilines is 1. The number of phenolic OH excluding ortho intramolecular Hbond substituents is 1. The second kappa shape index (κ2) is 6.18. The van der Waals surface area contributed by atoms with Crippen LogP contribution in [0.25, 0.3) is 0 Å². The zero-order valence-corrected chi connectivity index (χ0v) is 11.6. The summed E-state index contributed by atoms with van der Waals surface area (Å²) in [6, 6.07) is 12.3. The summed E-state index contributed by atoms with van der Waals surface area (Å²) in [7, 11) is 1.51. The van der Waals surface area contributed by atoms with Gasteiger partial charge in [0.25, 0.3) is 0 Å². The van der Waals surface area contributed by atoms with Crippen molar-refractivity contribution in [2.45, 2.75) is 6.54 Å². The van der Waals surface area contributed by atoms with Crippen molar-refractivity contribution in [3.05, 3.63) is 52.5 Å². The summed E-state index contributed by atoms with van der Waals surface area (Å²) in [4.78, 5) is 0. The number of methoxy groups -OCH3 is 1. The third-order valence-electron chi connectivity index (χ3n) is 2.83. The molecule has 20 heavy (non-hydrogen) atoms. The Hall–Kier alpha value is -2.38. The number of rotatable bonds is 4. The molecule has 0 bridgehead atoms. The van der Waals surface area contributed by atoms with E-state index in [0.717, 1.165) is 11.3 Å². The molecule has 0 radical (unpaired) electrons. The van der Waals surface area contributed by atoms with Gasteiger partial charge < -0.3 is 15.2 Å². The summed E-state index contributed by atoms with van der Waals surface area (Å²) in [6.07, 6.45) is 0. The molecule has 0 aliphatic heterocycles. The number of hydrogen-bond acceptors (Lipinski definition) is 4. The van der Waals surface area contributed by atoms with Gasteiger partial charge in [-0.25, -0.2) is 0 Å². The van der Waals surface area contributed by atoms with Crippen molar-refractivity contribution in [2.75, 3.05) is 12.4 Å². The van der Waals surface area contributed by atoms with Crippen molar-refractivity contribution < 1.29 is 9.84 Å². The van der Waals surface area contributed by atoms with Gasteiger partial charge in [-0.1, -0.05) is 17.7 Å². The average Bonchev–Trinajstić information content (AvgIpc) is 2.46. The first-order chi connectivity index (χ1) is 9.63. The third kappa shape index (κ3) is 3.14. The van der Waals surface area contributed by atoms with Crippen molar-refractivity contribution in [2.24, 2.45) is 0 Å². The van der Waals surface area contributed by atoms with Crippen molar-refractivity contribution in [3.8, 4) is 17.6 Å². The van der Waals surface area contributed by atoms with Gasteiger partial charge in [-0.05, 0) is 35.9 Å². The molecule has 2 aromatic rings. The van der Waals surface area contributed by atoms with Crippen molar-refractivity contribution in [1.82, 2.24) is 0 Å². The predicted octanol–water partition coefficient (Wildman–Crippen LogP) is 3.54. The Morgan fingerprint density at radius 2 is 2.10 bits per heavy atom. The first-order valence-corrected chi connectivity index (χ1v) is 6.31. The summed E-state index contributed by atoms with van der Waals surface area (Å²) in [6.45, 7) is 0.554. The van der Waals surface area contributed by atoms with Crippen LogP contribution in [0.3, 0.4) is 0 Å². The van der Waals surface area contributed by atoms with E-state index >= 15 is 0 Å². The molecule has 0 amide bonds. The Labute approximate surface area is 122 Å². The number of hydrogen-bond donors (Lipinski definition) is 2. The van der Waals surface area contributed by atoms with Gasteiger partial charge in [0, 0.05) is 12.2 Å². The highest BCUT2D eigenvalue weighted by Crippen LogP contribution is 2.27. The molecule has 4 nitrogen and oxygen atoms in total. The number of halogens is 1. The zero-order valence-electron chi connectivity index (χ0n) is 10.9. The van der Waals surface area contributed by atoms with E-state index in [4.69, 9.17) is 21.6 Å². The van der Waals surface area contributed by atoms with Gasteiger partial charge in [0.2, 0.25) is 0 Å². The fourth-order valence-corrected chi connectivity index (χ4v) is 1.97. The van der Waals surface area contributed by atoms with Crippen LogP contribution in [-0.4, -0.2) is 12.2 Å². The molecule has 0 aliphatic rings. The molecule has 2 N–H and O–H groups in total. The lowest BCUT2D eigenvalue weighted by Crippen LogP contribution is -2.00. The van der Waals surface area contributed by atoms with Gasteiger partial charge in [-0.2, -0.15) is 5.26 Å². The second-order valence-corrected chi connectivity index (χ2v) is 4.57. The van der Waals surface area contributed by atoms with E-state index in [1.807, 2.05) is 6.07 Å². The van der Waals surface area contributed by atoms with Crippen LogP contribution < -0.4 is 10.1 Å². The Bertz CT molecular complexity index is 654. The summed E-state index contributed by atoms with van der Waals surface area (Å²) < 4.78 is 5.05. The molecular weight excluding hydrogens is 276 g/mol. The Kier molecular flexibility index (Phi) is 4.34. The minimum absolute atomic E-state index is 0.109. The maximum atomic E-state index is 9.52. The maximum Gasteiger partial charge on any atom is 0.160 e. The van der Waals surface area contributed by atoms with Gasteiger partial charge in [-0.15, -0.1) is 0 Å². The number of benzene rings is 2. The summed E-state index contributed by atoms with van der Waals surface area (Å²) in [5.41, 5.74) is 2.23. The SMILES string of the molecule is COc1cc(CNc2ccc(C#N)c(Cl)c2)ccc1O. The summed E-state index contributed by atoms with van der Waals surface area (Å²) in [5.74, 6) is 0.542. The standard InChI is InChI=1S/C15H13ClN2O2/c1-20-15-6-10(2-5-14(15)19)9-18-12-4-3-11(8-17)13(16)7-12/h2-7,18-19H,9H2,1H3. The molecule has 102 valence electrons. The number of nitrogens with one attached hydrogen (secondary N) is 1. The molecule has 0 aromatic heterocycles. The van der Waals surface area contributed by atoms with E-state index in [9.17, 15) is 5.11 Å². The number of aromatic hydroxyl groups is 1. The van der Waals surface area contributed by atoms with E-state index in [-0.39, 0.29) is 5.75 Å². The lowest BCUT2D eigenvalue weighted by atomic mass is 10.2. The molecule has 5 heteroatoms. The molecule has 0 unspecified atom stereocenters.